The second-order valence-corrected chi connectivity index (χ2v) is 7.03. The third kappa shape index (κ3) is 3.35. The molecule has 2 N–H and O–H groups in total. The molecule has 0 unspecified atom stereocenters. The minimum absolute atomic E-state index is 0.273. The van der Waals surface area contributed by atoms with Gasteiger partial charge in [0.05, 0.1) is 12.8 Å². The van der Waals surface area contributed by atoms with Crippen LogP contribution in [0.4, 0.5) is 5.82 Å². The van der Waals surface area contributed by atoms with Crippen LogP contribution in [0.1, 0.15) is 33.1 Å². The molecule has 4 rings (SSSR count). The molecule has 0 bridgehead atoms. The SMILES string of the molecule is COc1ccc([C@H]2c3c(C)nn(C)c3NC(=O)[C@@H]2NC(=O)c2ccccc2)cc1. The molecule has 1 aliphatic rings. The molecule has 0 saturated carbocycles. The van der Waals surface area contributed by atoms with Crippen molar-refractivity contribution in [2.24, 2.45) is 7.05 Å². The molecule has 0 saturated heterocycles. The Hall–Kier alpha value is -3.61. The van der Waals surface area contributed by atoms with E-state index in [1.807, 2.05) is 37.3 Å². The number of nitrogens with one attached hydrogen (secondary N) is 2. The van der Waals surface area contributed by atoms with E-state index < -0.39 is 6.04 Å². The third-order valence-electron chi connectivity index (χ3n) is 5.23. The van der Waals surface area contributed by atoms with E-state index in [0.717, 1.165) is 22.6 Å². The maximum absolute atomic E-state index is 13.0. The zero-order valence-corrected chi connectivity index (χ0v) is 16.5. The second kappa shape index (κ2) is 7.43. The Kier molecular flexibility index (Phi) is 4.80. The fourth-order valence-electron chi connectivity index (χ4n) is 3.84. The summed E-state index contributed by atoms with van der Waals surface area (Å²) in [5.74, 6) is 0.436. The molecule has 2 atom stereocenters. The third-order valence-corrected chi connectivity index (χ3v) is 5.23. The molecule has 1 aromatic heterocycles. The van der Waals surface area contributed by atoms with Crippen LogP contribution in [0.3, 0.4) is 0 Å². The first-order chi connectivity index (χ1) is 14.0. The second-order valence-electron chi connectivity index (χ2n) is 7.03. The highest BCUT2D eigenvalue weighted by Crippen LogP contribution is 2.39. The van der Waals surface area contributed by atoms with E-state index in [1.165, 1.54) is 0 Å². The zero-order valence-electron chi connectivity index (χ0n) is 16.5. The minimum Gasteiger partial charge on any atom is -0.497 e. The summed E-state index contributed by atoms with van der Waals surface area (Å²) in [4.78, 5) is 25.8. The standard InChI is InChI=1S/C22H22N4O3/c1-13-17-18(14-9-11-16(29-3)12-10-14)19(22(28)24-20(17)26(2)25-13)23-21(27)15-7-5-4-6-8-15/h4-12,18-19H,1-3H3,(H,23,27)(H,24,28)/t18-,19+/m0/s1. The quantitative estimate of drug-likeness (QED) is 0.717. The molecule has 2 heterocycles. The number of carbonyl (C=O) groups is 2. The molecule has 7 heteroatoms. The van der Waals surface area contributed by atoms with Gasteiger partial charge in [-0.15, -0.1) is 0 Å². The van der Waals surface area contributed by atoms with Gasteiger partial charge in [-0.1, -0.05) is 30.3 Å². The minimum atomic E-state index is -0.772. The first kappa shape index (κ1) is 18.7. The van der Waals surface area contributed by atoms with Crippen LogP contribution in [0, 0.1) is 6.92 Å². The lowest BCUT2D eigenvalue weighted by Gasteiger charge is -2.32. The van der Waals surface area contributed by atoms with E-state index in [1.54, 1.807) is 43.1 Å². The van der Waals surface area contributed by atoms with E-state index in [-0.39, 0.29) is 17.7 Å². The highest BCUT2D eigenvalue weighted by Gasteiger charge is 2.41. The average Bonchev–Trinajstić information content (AvgIpc) is 3.02. The van der Waals surface area contributed by atoms with E-state index in [9.17, 15) is 9.59 Å². The van der Waals surface area contributed by atoms with Crippen molar-refractivity contribution in [1.82, 2.24) is 15.1 Å². The summed E-state index contributed by atoms with van der Waals surface area (Å²) in [6.45, 7) is 1.91. The average molecular weight is 390 g/mol. The molecule has 148 valence electrons. The topological polar surface area (TPSA) is 85.2 Å². The summed E-state index contributed by atoms with van der Waals surface area (Å²) in [5.41, 5.74) is 3.11. The van der Waals surface area contributed by atoms with Crippen LogP contribution in [0.5, 0.6) is 5.75 Å². The summed E-state index contributed by atoms with van der Waals surface area (Å²) in [5, 5.41) is 10.3. The normalized spacial score (nSPS) is 18.0. The van der Waals surface area contributed by atoms with Gasteiger partial charge in [0.2, 0.25) is 5.91 Å². The van der Waals surface area contributed by atoms with Gasteiger partial charge in [0, 0.05) is 24.1 Å². The number of anilines is 1. The fourth-order valence-corrected chi connectivity index (χ4v) is 3.84. The van der Waals surface area contributed by atoms with Crippen LogP contribution in [-0.4, -0.2) is 34.7 Å². The van der Waals surface area contributed by atoms with Crippen molar-refractivity contribution in [1.29, 1.82) is 0 Å². The number of carbonyl (C=O) groups excluding carboxylic acids is 2. The number of aryl methyl sites for hydroxylation is 2. The van der Waals surface area contributed by atoms with E-state index in [4.69, 9.17) is 4.74 Å². The largest absolute Gasteiger partial charge is 0.497 e. The molecule has 2 amide bonds. The van der Waals surface area contributed by atoms with Crippen molar-refractivity contribution in [2.75, 3.05) is 12.4 Å². The van der Waals surface area contributed by atoms with Gasteiger partial charge in [-0.25, -0.2) is 0 Å². The van der Waals surface area contributed by atoms with Crippen LogP contribution in [-0.2, 0) is 11.8 Å². The molecule has 0 spiro atoms. The van der Waals surface area contributed by atoms with Crippen molar-refractivity contribution < 1.29 is 14.3 Å². The van der Waals surface area contributed by atoms with Crippen molar-refractivity contribution in [3.8, 4) is 5.75 Å². The van der Waals surface area contributed by atoms with Gasteiger partial charge in [-0.05, 0) is 36.8 Å². The smallest absolute Gasteiger partial charge is 0.251 e. The number of hydrogen-bond donors (Lipinski definition) is 2. The number of rotatable bonds is 4. The molecular weight excluding hydrogens is 368 g/mol. The summed E-state index contributed by atoms with van der Waals surface area (Å²) in [6, 6.07) is 15.6. The van der Waals surface area contributed by atoms with Crippen LogP contribution < -0.4 is 15.4 Å². The van der Waals surface area contributed by atoms with E-state index in [2.05, 4.69) is 15.7 Å². The number of fused-ring (bicyclic) bond motifs is 1. The Bertz CT molecular complexity index is 1060. The maximum Gasteiger partial charge on any atom is 0.251 e. The van der Waals surface area contributed by atoms with Gasteiger partial charge in [0.15, 0.2) is 0 Å². The number of methoxy groups -OCH3 is 1. The number of aromatic nitrogens is 2. The lowest BCUT2D eigenvalue weighted by atomic mass is 9.82. The lowest BCUT2D eigenvalue weighted by Crippen LogP contribution is -2.50. The Balaban J connectivity index is 1.78. The Morgan fingerprint density at radius 1 is 1.14 bits per heavy atom. The molecular formula is C22H22N4O3. The van der Waals surface area contributed by atoms with Crippen molar-refractivity contribution >= 4 is 17.6 Å². The van der Waals surface area contributed by atoms with Crippen LogP contribution in [0.25, 0.3) is 0 Å². The Morgan fingerprint density at radius 3 is 2.48 bits per heavy atom. The van der Waals surface area contributed by atoms with Gasteiger partial charge in [-0.2, -0.15) is 5.10 Å². The molecule has 3 aromatic rings. The van der Waals surface area contributed by atoms with Crippen LogP contribution in [0.2, 0.25) is 0 Å². The molecule has 7 nitrogen and oxygen atoms in total. The maximum atomic E-state index is 13.0. The first-order valence-corrected chi connectivity index (χ1v) is 9.34. The monoisotopic (exact) mass is 390 g/mol. The van der Waals surface area contributed by atoms with Crippen LogP contribution in [0.15, 0.2) is 54.6 Å². The number of hydrogen-bond acceptors (Lipinski definition) is 4. The number of ether oxygens (including phenoxy) is 1. The predicted molar refractivity (Wildman–Crippen MR) is 109 cm³/mol. The van der Waals surface area contributed by atoms with Crippen molar-refractivity contribution in [3.05, 3.63) is 77.0 Å². The first-order valence-electron chi connectivity index (χ1n) is 9.34. The lowest BCUT2D eigenvalue weighted by molar-refractivity contribution is -0.118. The molecule has 29 heavy (non-hydrogen) atoms. The summed E-state index contributed by atoms with van der Waals surface area (Å²) in [6.07, 6.45) is 0. The Labute approximate surface area is 168 Å². The number of nitrogens with zero attached hydrogens (tertiary/aromatic N) is 2. The number of amides is 2. The number of benzene rings is 2. The summed E-state index contributed by atoms with van der Waals surface area (Å²) < 4.78 is 6.92. The predicted octanol–water partition coefficient (Wildman–Crippen LogP) is 2.62. The molecule has 0 aliphatic carbocycles. The van der Waals surface area contributed by atoms with Crippen molar-refractivity contribution in [2.45, 2.75) is 18.9 Å². The molecule has 0 radical (unpaired) electrons. The molecule has 0 fully saturated rings. The summed E-state index contributed by atoms with van der Waals surface area (Å²) in [7, 11) is 3.40. The van der Waals surface area contributed by atoms with E-state index >= 15 is 0 Å². The highest BCUT2D eigenvalue weighted by molar-refractivity contribution is 6.03. The van der Waals surface area contributed by atoms with Gasteiger partial charge in [0.25, 0.3) is 5.91 Å². The molecule has 2 aromatic carbocycles. The Morgan fingerprint density at radius 2 is 1.83 bits per heavy atom. The fraction of sp³-hybridized carbons (Fsp3) is 0.227. The van der Waals surface area contributed by atoms with Crippen molar-refractivity contribution in [3.63, 3.8) is 0 Å². The highest BCUT2D eigenvalue weighted by atomic mass is 16.5. The van der Waals surface area contributed by atoms with E-state index in [0.29, 0.717) is 11.4 Å². The van der Waals surface area contributed by atoms with Crippen LogP contribution >= 0.6 is 0 Å². The summed E-state index contributed by atoms with van der Waals surface area (Å²) >= 11 is 0. The van der Waals surface area contributed by atoms with Gasteiger partial charge in [-0.3, -0.25) is 14.3 Å². The zero-order chi connectivity index (χ0) is 20.5. The van der Waals surface area contributed by atoms with Gasteiger partial charge >= 0.3 is 0 Å². The van der Waals surface area contributed by atoms with Gasteiger partial charge < -0.3 is 15.4 Å². The van der Waals surface area contributed by atoms with Gasteiger partial charge in [0.1, 0.15) is 17.6 Å². The molecule has 1 aliphatic heterocycles.